The van der Waals surface area contributed by atoms with Crippen molar-refractivity contribution in [2.24, 2.45) is 0 Å². The number of aromatic nitrogens is 3. The molecular weight excluding hydrogens is 584 g/mol. The van der Waals surface area contributed by atoms with E-state index in [9.17, 15) is 13.9 Å². The molecule has 5 rings (SSSR count). The highest BCUT2D eigenvalue weighted by Gasteiger charge is 2.13. The Labute approximate surface area is 238 Å². The van der Waals surface area contributed by atoms with Crippen molar-refractivity contribution < 1.29 is 23.5 Å². The molecule has 0 bridgehead atoms. The number of aromatic hydroxyl groups is 1. The highest BCUT2D eigenvalue weighted by atomic mass is 79.9. The first kappa shape index (κ1) is 31.6. The molecule has 0 fully saturated rings. The number of anilines is 2. The molecule has 0 saturated heterocycles. The van der Waals surface area contributed by atoms with Gasteiger partial charge >= 0.3 is 0 Å². The summed E-state index contributed by atoms with van der Waals surface area (Å²) in [5.41, 5.74) is 4.70. The number of hydrogen-bond acceptors (Lipinski definition) is 7. The number of benzene rings is 3. The molecule has 0 radical (unpaired) electrons. The van der Waals surface area contributed by atoms with Gasteiger partial charge in [0.25, 0.3) is 0 Å². The van der Waals surface area contributed by atoms with E-state index >= 15 is 0 Å². The second-order valence-corrected chi connectivity index (χ2v) is 8.82. The molecule has 0 atom stereocenters. The molecule has 208 valence electrons. The maximum atomic E-state index is 12.3. The molecule has 8 nitrogen and oxygen atoms in total. The quantitative estimate of drug-likeness (QED) is 0.210. The highest BCUT2D eigenvalue weighted by Crippen LogP contribution is 2.31. The van der Waals surface area contributed by atoms with Gasteiger partial charge in [0, 0.05) is 37.0 Å². The van der Waals surface area contributed by atoms with Gasteiger partial charge in [0.2, 0.25) is 0 Å². The summed E-state index contributed by atoms with van der Waals surface area (Å²) in [7, 11) is 1.90. The molecule has 11 heteroatoms. The van der Waals surface area contributed by atoms with E-state index in [0.29, 0.717) is 29.0 Å². The minimum Gasteiger partial charge on any atom is -0.507 e. The average molecular weight is 612 g/mol. The Kier molecular flexibility index (Phi) is 12.4. The van der Waals surface area contributed by atoms with Crippen molar-refractivity contribution in [3.05, 3.63) is 106 Å². The lowest BCUT2D eigenvalue weighted by Crippen LogP contribution is -2.07. The van der Waals surface area contributed by atoms with Gasteiger partial charge in [-0.3, -0.25) is 0 Å². The van der Waals surface area contributed by atoms with Crippen LogP contribution in [0.15, 0.2) is 83.5 Å². The van der Waals surface area contributed by atoms with Crippen LogP contribution in [0.3, 0.4) is 0 Å². The number of para-hydroxylation sites is 1. The summed E-state index contributed by atoms with van der Waals surface area (Å²) in [4.78, 5) is 20.7. The van der Waals surface area contributed by atoms with Crippen molar-refractivity contribution in [2.75, 3.05) is 17.7 Å². The normalized spacial score (nSPS) is 9.72. The standard InChI is InChI=1S/C20H18BrN5O.C7H6F2.2CH2O/c1-22-14-6-4-5-13(9-14)11-23-19-10-17(15-7-2-3-8-18(15)27)25-20-16(21)12-24-26(19)20;1-5-2-3-6(8)4-7(5)9;2*1-2/h2-10,12,22-23,27H,11H2,1H3;2-4H,1H3;2*1H2. The molecule has 40 heavy (non-hydrogen) atoms. The first-order chi connectivity index (χ1) is 19.4. The van der Waals surface area contributed by atoms with E-state index in [4.69, 9.17) is 9.59 Å². The number of hydrogen-bond donors (Lipinski definition) is 3. The number of phenols is 1. The minimum absolute atomic E-state index is 0.192. The second kappa shape index (κ2) is 15.7. The Balaban J connectivity index is 0.000000362. The molecule has 0 aliphatic carbocycles. The van der Waals surface area contributed by atoms with Gasteiger partial charge < -0.3 is 25.3 Å². The summed E-state index contributed by atoms with van der Waals surface area (Å²) in [5.74, 6) is -0.0374. The summed E-state index contributed by atoms with van der Waals surface area (Å²) < 4.78 is 27.0. The van der Waals surface area contributed by atoms with Crippen molar-refractivity contribution in [1.29, 1.82) is 0 Å². The Morgan fingerprint density at radius 1 is 0.975 bits per heavy atom. The molecule has 2 aromatic heterocycles. The first-order valence-corrected chi connectivity index (χ1v) is 12.5. The summed E-state index contributed by atoms with van der Waals surface area (Å²) in [6.07, 6.45) is 1.71. The predicted octanol–water partition coefficient (Wildman–Crippen LogP) is 6.42. The third-order valence-corrected chi connectivity index (χ3v) is 5.99. The van der Waals surface area contributed by atoms with E-state index in [2.05, 4.69) is 48.8 Å². The Morgan fingerprint density at radius 2 is 1.70 bits per heavy atom. The number of nitrogens with zero attached hydrogens (tertiary/aromatic N) is 3. The molecule has 5 aromatic rings. The van der Waals surface area contributed by atoms with Crippen LogP contribution < -0.4 is 10.6 Å². The molecule has 0 unspecified atom stereocenters. The third kappa shape index (κ3) is 8.18. The van der Waals surface area contributed by atoms with Gasteiger partial charge in [-0.2, -0.15) is 9.61 Å². The van der Waals surface area contributed by atoms with Crippen LogP contribution in [-0.2, 0) is 16.1 Å². The van der Waals surface area contributed by atoms with Crippen LogP contribution in [0.2, 0.25) is 0 Å². The van der Waals surface area contributed by atoms with Gasteiger partial charge in [0.1, 0.15) is 36.8 Å². The third-order valence-electron chi connectivity index (χ3n) is 5.43. The number of fused-ring (bicyclic) bond motifs is 1. The fourth-order valence-corrected chi connectivity index (χ4v) is 3.84. The summed E-state index contributed by atoms with van der Waals surface area (Å²) in [6.45, 7) is 6.22. The Hall–Kier alpha value is -4.64. The van der Waals surface area contributed by atoms with Crippen molar-refractivity contribution in [3.8, 4) is 17.0 Å². The fraction of sp³-hybridized carbons (Fsp3) is 0.103. The molecular formula is C29H28BrF2N5O3. The molecule has 0 aliphatic heterocycles. The molecule has 0 saturated carbocycles. The van der Waals surface area contributed by atoms with Crippen LogP contribution in [0.25, 0.3) is 16.9 Å². The van der Waals surface area contributed by atoms with Crippen LogP contribution in [0.4, 0.5) is 20.3 Å². The number of carbonyl (C=O) groups is 2. The fourth-order valence-electron chi connectivity index (χ4n) is 3.49. The lowest BCUT2D eigenvalue weighted by Gasteiger charge is -2.12. The van der Waals surface area contributed by atoms with Crippen LogP contribution >= 0.6 is 15.9 Å². The maximum absolute atomic E-state index is 12.3. The van der Waals surface area contributed by atoms with Crippen molar-refractivity contribution >= 4 is 46.7 Å². The lowest BCUT2D eigenvalue weighted by atomic mass is 10.1. The zero-order chi connectivity index (χ0) is 29.7. The molecule has 3 N–H and O–H groups in total. The molecule has 0 aliphatic rings. The summed E-state index contributed by atoms with van der Waals surface area (Å²) in [6, 6.07) is 20.8. The van der Waals surface area contributed by atoms with Gasteiger partial charge in [-0.1, -0.05) is 30.3 Å². The highest BCUT2D eigenvalue weighted by molar-refractivity contribution is 9.10. The smallest absolute Gasteiger partial charge is 0.172 e. The van der Waals surface area contributed by atoms with E-state index < -0.39 is 11.6 Å². The predicted molar refractivity (Wildman–Crippen MR) is 156 cm³/mol. The van der Waals surface area contributed by atoms with Crippen molar-refractivity contribution in [2.45, 2.75) is 13.5 Å². The monoisotopic (exact) mass is 611 g/mol. The largest absolute Gasteiger partial charge is 0.507 e. The Bertz CT molecular complexity index is 1550. The second-order valence-electron chi connectivity index (χ2n) is 7.97. The van der Waals surface area contributed by atoms with Gasteiger partial charge in [0.15, 0.2) is 5.65 Å². The van der Waals surface area contributed by atoms with Gasteiger partial charge in [-0.05, 0) is 64.3 Å². The van der Waals surface area contributed by atoms with Crippen molar-refractivity contribution in [1.82, 2.24) is 14.6 Å². The molecule has 2 heterocycles. The average Bonchev–Trinajstić information content (AvgIpc) is 3.37. The number of halogens is 3. The zero-order valence-electron chi connectivity index (χ0n) is 21.9. The number of phenolic OH excluding ortho intramolecular Hbond substituents is 1. The molecule has 0 spiro atoms. The number of carbonyl (C=O) groups excluding carboxylic acids is 2. The van der Waals surface area contributed by atoms with Gasteiger partial charge in [-0.25, -0.2) is 13.8 Å². The number of nitrogens with one attached hydrogen (secondary N) is 2. The summed E-state index contributed by atoms with van der Waals surface area (Å²) in [5, 5.41) is 21.2. The zero-order valence-corrected chi connectivity index (χ0v) is 23.5. The topological polar surface area (TPSA) is 109 Å². The lowest BCUT2D eigenvalue weighted by molar-refractivity contribution is -0.0987. The maximum Gasteiger partial charge on any atom is 0.172 e. The van der Waals surface area contributed by atoms with E-state index in [1.807, 2.05) is 51.0 Å². The first-order valence-electron chi connectivity index (χ1n) is 11.7. The van der Waals surface area contributed by atoms with Crippen LogP contribution in [0, 0.1) is 18.6 Å². The van der Waals surface area contributed by atoms with Crippen molar-refractivity contribution in [3.63, 3.8) is 0 Å². The van der Waals surface area contributed by atoms with Gasteiger partial charge in [-0.15, -0.1) is 0 Å². The Morgan fingerprint density at radius 3 is 2.35 bits per heavy atom. The van der Waals surface area contributed by atoms with E-state index in [0.717, 1.165) is 27.6 Å². The molecule has 0 amide bonds. The van der Waals surface area contributed by atoms with Crippen LogP contribution in [0.5, 0.6) is 5.75 Å². The van der Waals surface area contributed by atoms with Crippen LogP contribution in [0.1, 0.15) is 11.1 Å². The van der Waals surface area contributed by atoms with Gasteiger partial charge in [0.05, 0.1) is 16.4 Å². The van der Waals surface area contributed by atoms with E-state index in [1.54, 1.807) is 29.8 Å². The minimum atomic E-state index is -0.530. The van der Waals surface area contributed by atoms with Crippen LogP contribution in [-0.4, -0.2) is 40.3 Å². The number of aryl methyl sites for hydroxylation is 1. The molecule has 3 aromatic carbocycles. The van der Waals surface area contributed by atoms with E-state index in [1.165, 1.54) is 12.1 Å². The number of rotatable bonds is 5. The van der Waals surface area contributed by atoms with E-state index in [-0.39, 0.29) is 5.75 Å². The SMILES string of the molecule is C=O.C=O.CNc1cccc(CNc2cc(-c3ccccc3O)nc3c(Br)cnn23)c1.Cc1ccc(F)cc1F. The summed E-state index contributed by atoms with van der Waals surface area (Å²) >= 11 is 3.50.